The van der Waals surface area contributed by atoms with Crippen molar-refractivity contribution < 1.29 is 0 Å². The molecule has 76 valence electrons. The number of hydrogen-bond acceptors (Lipinski definition) is 1. The van der Waals surface area contributed by atoms with E-state index in [2.05, 4.69) is 26.8 Å². The summed E-state index contributed by atoms with van der Waals surface area (Å²) in [5, 5.41) is 0. The lowest BCUT2D eigenvalue weighted by Crippen LogP contribution is -1.88. The zero-order valence-electron chi connectivity index (χ0n) is 9.31. The van der Waals surface area contributed by atoms with E-state index in [1.165, 1.54) is 25.0 Å². The van der Waals surface area contributed by atoms with Crippen molar-refractivity contribution in [3.63, 3.8) is 0 Å². The molecule has 0 aromatic rings. The third-order valence-electron chi connectivity index (χ3n) is 3.10. The number of fused-ring (bicyclic) bond motifs is 1. The van der Waals surface area contributed by atoms with E-state index < -0.39 is 0 Å². The summed E-state index contributed by atoms with van der Waals surface area (Å²) in [5.41, 5.74) is 6.44. The highest BCUT2D eigenvalue weighted by molar-refractivity contribution is 8.03. The number of rotatable bonds is 3. The Bertz CT molecular complexity index is 342. The summed E-state index contributed by atoms with van der Waals surface area (Å²) in [7, 11) is 0. The van der Waals surface area contributed by atoms with Gasteiger partial charge in [-0.15, -0.1) is 11.8 Å². The SMILES string of the molecule is CCC1=C(CC)C2=C(CC)SCC2=C1. The van der Waals surface area contributed by atoms with Crippen LogP contribution in [0.15, 0.2) is 33.3 Å². The Morgan fingerprint density at radius 3 is 2.50 bits per heavy atom. The minimum absolute atomic E-state index is 1.19. The van der Waals surface area contributed by atoms with Crippen LogP contribution in [0.2, 0.25) is 0 Å². The van der Waals surface area contributed by atoms with Gasteiger partial charge in [-0.2, -0.15) is 0 Å². The minimum Gasteiger partial charge on any atom is -0.125 e. The van der Waals surface area contributed by atoms with E-state index in [9.17, 15) is 0 Å². The molecule has 14 heavy (non-hydrogen) atoms. The van der Waals surface area contributed by atoms with E-state index in [1.807, 2.05) is 11.8 Å². The molecule has 0 aromatic heterocycles. The van der Waals surface area contributed by atoms with Gasteiger partial charge in [0, 0.05) is 5.75 Å². The van der Waals surface area contributed by atoms with E-state index in [0.29, 0.717) is 0 Å². The van der Waals surface area contributed by atoms with Crippen molar-refractivity contribution in [3.05, 3.63) is 33.3 Å². The molecule has 0 atom stereocenters. The number of allylic oxidation sites excluding steroid dienone is 5. The first-order chi connectivity index (χ1) is 6.81. The van der Waals surface area contributed by atoms with Gasteiger partial charge in [0.25, 0.3) is 0 Å². The monoisotopic (exact) mass is 206 g/mol. The van der Waals surface area contributed by atoms with Gasteiger partial charge in [0.1, 0.15) is 0 Å². The second kappa shape index (κ2) is 3.98. The summed E-state index contributed by atoms with van der Waals surface area (Å²) >= 11 is 2.04. The van der Waals surface area contributed by atoms with E-state index in [-0.39, 0.29) is 0 Å². The van der Waals surface area contributed by atoms with Crippen LogP contribution in [0.1, 0.15) is 40.0 Å². The summed E-state index contributed by atoms with van der Waals surface area (Å²) < 4.78 is 0. The summed E-state index contributed by atoms with van der Waals surface area (Å²) in [6, 6.07) is 0. The molecule has 0 amide bonds. The molecule has 0 saturated carbocycles. The van der Waals surface area contributed by atoms with Crippen LogP contribution in [0.25, 0.3) is 0 Å². The van der Waals surface area contributed by atoms with Crippen molar-refractivity contribution in [1.82, 2.24) is 0 Å². The molecule has 0 fully saturated rings. The molecule has 0 radical (unpaired) electrons. The molecule has 0 saturated heterocycles. The molecule has 0 bridgehead atoms. The smallest absolute Gasteiger partial charge is 0.0235 e. The van der Waals surface area contributed by atoms with Crippen molar-refractivity contribution in [1.29, 1.82) is 0 Å². The standard InChI is InChI=1S/C13H18S/c1-4-9-7-10-8-14-12(6-3)13(10)11(9)5-2/h7H,4-6,8H2,1-3H3. The number of thioether (sulfide) groups is 1. The highest BCUT2D eigenvalue weighted by Crippen LogP contribution is 2.47. The highest BCUT2D eigenvalue weighted by Gasteiger charge is 2.27. The first-order valence-corrected chi connectivity index (χ1v) is 6.59. The van der Waals surface area contributed by atoms with Crippen LogP contribution in [-0.4, -0.2) is 5.75 Å². The van der Waals surface area contributed by atoms with Crippen LogP contribution in [0.5, 0.6) is 0 Å². The van der Waals surface area contributed by atoms with Crippen LogP contribution in [0.4, 0.5) is 0 Å². The van der Waals surface area contributed by atoms with Crippen molar-refractivity contribution in [2.75, 3.05) is 5.75 Å². The average Bonchev–Trinajstić information content (AvgIpc) is 2.74. The van der Waals surface area contributed by atoms with Gasteiger partial charge < -0.3 is 0 Å². The van der Waals surface area contributed by atoms with Gasteiger partial charge in [0.05, 0.1) is 0 Å². The molecule has 1 aliphatic heterocycles. The Hall–Kier alpha value is -0.430. The van der Waals surface area contributed by atoms with Gasteiger partial charge in [0.2, 0.25) is 0 Å². The molecule has 0 unspecified atom stereocenters. The van der Waals surface area contributed by atoms with Crippen LogP contribution < -0.4 is 0 Å². The van der Waals surface area contributed by atoms with Gasteiger partial charge in [-0.3, -0.25) is 0 Å². The summed E-state index contributed by atoms with van der Waals surface area (Å²) in [5.74, 6) is 1.21. The third kappa shape index (κ3) is 1.38. The third-order valence-corrected chi connectivity index (χ3v) is 4.39. The molecular weight excluding hydrogens is 188 g/mol. The summed E-state index contributed by atoms with van der Waals surface area (Å²) in [6.45, 7) is 6.82. The van der Waals surface area contributed by atoms with Crippen LogP contribution in [0.3, 0.4) is 0 Å². The van der Waals surface area contributed by atoms with Crippen molar-refractivity contribution in [2.45, 2.75) is 40.0 Å². The molecule has 0 aromatic carbocycles. The fourth-order valence-electron chi connectivity index (χ4n) is 2.42. The quantitative estimate of drug-likeness (QED) is 0.657. The minimum atomic E-state index is 1.19. The molecule has 1 heterocycles. The number of hydrogen-bond donors (Lipinski definition) is 0. The van der Waals surface area contributed by atoms with Gasteiger partial charge >= 0.3 is 0 Å². The second-order valence-corrected chi connectivity index (χ2v) is 4.89. The lowest BCUT2D eigenvalue weighted by molar-refractivity contribution is 1.04. The Labute approximate surface area is 91.2 Å². The molecule has 0 nitrogen and oxygen atoms in total. The molecular formula is C13H18S. The zero-order chi connectivity index (χ0) is 10.1. The Balaban J connectivity index is 2.46. The zero-order valence-corrected chi connectivity index (χ0v) is 10.1. The van der Waals surface area contributed by atoms with Crippen molar-refractivity contribution in [3.8, 4) is 0 Å². The van der Waals surface area contributed by atoms with Crippen molar-refractivity contribution >= 4 is 11.8 Å². The molecule has 2 aliphatic rings. The fourth-order valence-corrected chi connectivity index (χ4v) is 3.58. The maximum absolute atomic E-state index is 2.43. The van der Waals surface area contributed by atoms with Crippen molar-refractivity contribution in [2.24, 2.45) is 0 Å². The predicted octanol–water partition coefficient (Wildman–Crippen LogP) is 4.45. The molecule has 2 rings (SSSR count). The van der Waals surface area contributed by atoms with E-state index in [4.69, 9.17) is 0 Å². The molecule has 1 heteroatoms. The lowest BCUT2D eigenvalue weighted by atomic mass is 9.99. The maximum Gasteiger partial charge on any atom is 0.0235 e. The van der Waals surface area contributed by atoms with Gasteiger partial charge in [0.15, 0.2) is 0 Å². The van der Waals surface area contributed by atoms with E-state index in [1.54, 1.807) is 27.2 Å². The van der Waals surface area contributed by atoms with Gasteiger partial charge in [-0.25, -0.2) is 0 Å². The Morgan fingerprint density at radius 2 is 1.93 bits per heavy atom. The topological polar surface area (TPSA) is 0 Å². The normalized spacial score (nSPS) is 20.6. The van der Waals surface area contributed by atoms with Crippen LogP contribution in [0, 0.1) is 0 Å². The van der Waals surface area contributed by atoms with Gasteiger partial charge in [-0.05, 0) is 46.5 Å². The predicted molar refractivity (Wildman–Crippen MR) is 65.5 cm³/mol. The van der Waals surface area contributed by atoms with Gasteiger partial charge in [-0.1, -0.05) is 26.8 Å². The van der Waals surface area contributed by atoms with Crippen LogP contribution in [-0.2, 0) is 0 Å². The molecule has 1 aliphatic carbocycles. The maximum atomic E-state index is 2.43. The summed E-state index contributed by atoms with van der Waals surface area (Å²) in [6.07, 6.45) is 6.03. The second-order valence-electron chi connectivity index (χ2n) is 3.82. The lowest BCUT2D eigenvalue weighted by Gasteiger charge is -2.07. The molecule has 0 N–H and O–H groups in total. The summed E-state index contributed by atoms with van der Waals surface area (Å²) in [4.78, 5) is 1.62. The fraction of sp³-hybridized carbons (Fsp3) is 0.538. The molecule has 0 spiro atoms. The van der Waals surface area contributed by atoms with Crippen LogP contribution >= 0.6 is 11.8 Å². The largest absolute Gasteiger partial charge is 0.125 e. The first kappa shape index (κ1) is 10.1. The van der Waals surface area contributed by atoms with E-state index >= 15 is 0 Å². The highest BCUT2D eigenvalue weighted by atomic mass is 32.2. The first-order valence-electron chi connectivity index (χ1n) is 5.61. The Morgan fingerprint density at radius 1 is 1.14 bits per heavy atom. The average molecular weight is 206 g/mol. The van der Waals surface area contributed by atoms with E-state index in [0.717, 1.165) is 0 Å². The Kier molecular flexibility index (Phi) is 2.87.